The Morgan fingerprint density at radius 1 is 0.848 bits per heavy atom. The van der Waals surface area contributed by atoms with Crippen molar-refractivity contribution >= 4 is 11.6 Å². The lowest BCUT2D eigenvalue weighted by atomic mass is 9.81. The number of piperidine rings is 1. The van der Waals surface area contributed by atoms with E-state index in [1.165, 1.54) is 11.1 Å². The molecule has 4 heterocycles. The molecule has 2 aromatic heterocycles. The Morgan fingerprint density at radius 2 is 1.58 bits per heavy atom. The molecule has 0 aliphatic carbocycles. The monoisotopic (exact) mass is 441 g/mol. The van der Waals surface area contributed by atoms with Gasteiger partial charge in [0.2, 0.25) is 5.91 Å². The Kier molecular flexibility index (Phi) is 6.20. The van der Waals surface area contributed by atoms with Crippen molar-refractivity contribution in [1.29, 1.82) is 0 Å². The highest BCUT2D eigenvalue weighted by Gasteiger charge is 2.50. The third-order valence-electron chi connectivity index (χ3n) is 7.10. The van der Waals surface area contributed by atoms with E-state index in [2.05, 4.69) is 56.2 Å². The van der Waals surface area contributed by atoms with Gasteiger partial charge < -0.3 is 4.90 Å². The largest absolute Gasteiger partial charge is 0.308 e. The quantitative estimate of drug-likeness (QED) is 0.605. The van der Waals surface area contributed by atoms with E-state index < -0.39 is 5.54 Å². The van der Waals surface area contributed by atoms with Crippen LogP contribution in [0.1, 0.15) is 29.7 Å². The maximum atomic E-state index is 14.1. The number of anilines is 1. The van der Waals surface area contributed by atoms with Crippen LogP contribution in [0.4, 0.5) is 5.69 Å². The molecule has 1 spiro atoms. The number of likely N-dealkylation sites (tertiary alicyclic amines) is 1. The van der Waals surface area contributed by atoms with E-state index in [0.29, 0.717) is 6.54 Å². The molecule has 3 aromatic rings. The predicted molar refractivity (Wildman–Crippen MR) is 130 cm³/mol. The molecule has 2 fully saturated rings. The Morgan fingerprint density at radius 3 is 2.27 bits per heavy atom. The van der Waals surface area contributed by atoms with Crippen LogP contribution in [0.3, 0.4) is 0 Å². The van der Waals surface area contributed by atoms with Gasteiger partial charge in [0.1, 0.15) is 5.54 Å². The number of hydrogen-bond donors (Lipinski definition) is 0. The van der Waals surface area contributed by atoms with Gasteiger partial charge in [-0.15, -0.1) is 0 Å². The van der Waals surface area contributed by atoms with Gasteiger partial charge in [0.25, 0.3) is 0 Å². The highest BCUT2D eigenvalue weighted by molar-refractivity contribution is 6.01. The second-order valence-corrected chi connectivity index (χ2v) is 9.18. The minimum absolute atomic E-state index is 0.221. The number of carbonyl (C=O) groups is 1. The molecule has 0 N–H and O–H groups in total. The molecule has 0 atom stereocenters. The molecule has 2 aliphatic heterocycles. The zero-order valence-electron chi connectivity index (χ0n) is 19.2. The summed E-state index contributed by atoms with van der Waals surface area (Å²) in [5.41, 5.74) is 3.92. The molecule has 5 rings (SSSR count). The topological polar surface area (TPSA) is 52.6 Å². The van der Waals surface area contributed by atoms with Gasteiger partial charge in [-0.05, 0) is 55.2 Å². The molecular weight excluding hydrogens is 410 g/mol. The molecule has 0 radical (unpaired) electrons. The molecule has 170 valence electrons. The predicted octanol–water partition coefficient (Wildman–Crippen LogP) is 3.67. The van der Waals surface area contributed by atoms with Crippen LogP contribution >= 0.6 is 0 Å². The van der Waals surface area contributed by atoms with E-state index in [-0.39, 0.29) is 5.91 Å². The van der Waals surface area contributed by atoms with Gasteiger partial charge in [0, 0.05) is 57.4 Å². The van der Waals surface area contributed by atoms with Crippen LogP contribution in [0.15, 0.2) is 73.2 Å². The third-order valence-corrected chi connectivity index (χ3v) is 7.10. The summed E-state index contributed by atoms with van der Waals surface area (Å²) in [5, 5.41) is 0. The van der Waals surface area contributed by atoms with Crippen LogP contribution in [-0.4, -0.2) is 57.4 Å². The van der Waals surface area contributed by atoms with E-state index in [1.54, 1.807) is 0 Å². The molecule has 2 saturated heterocycles. The first kappa shape index (κ1) is 21.7. The van der Waals surface area contributed by atoms with Crippen molar-refractivity contribution in [2.24, 2.45) is 0 Å². The summed E-state index contributed by atoms with van der Waals surface area (Å²) in [4.78, 5) is 29.5. The number of carbonyl (C=O) groups excluding carboxylic acids is 1. The van der Waals surface area contributed by atoms with Gasteiger partial charge in [-0.1, -0.05) is 30.3 Å². The van der Waals surface area contributed by atoms with Gasteiger partial charge in [0.05, 0.1) is 11.9 Å². The first-order chi connectivity index (χ1) is 16.1. The molecule has 2 aliphatic rings. The number of rotatable bonds is 5. The normalized spacial score (nSPS) is 19.2. The average Bonchev–Trinajstić information content (AvgIpc) is 2.86. The Labute approximate surface area is 195 Å². The SMILES string of the molecule is Cc1ccc(N2CCN(Cc3ccccc3)C3(CCN(Cc4ccncc4)CC3)C2=O)cn1. The van der Waals surface area contributed by atoms with Crippen molar-refractivity contribution in [3.05, 3.63) is 90.0 Å². The lowest BCUT2D eigenvalue weighted by Crippen LogP contribution is -2.68. The zero-order valence-corrected chi connectivity index (χ0v) is 19.2. The second kappa shape index (κ2) is 9.41. The number of aromatic nitrogens is 2. The van der Waals surface area contributed by atoms with Crippen LogP contribution in [0.5, 0.6) is 0 Å². The molecule has 0 saturated carbocycles. The minimum atomic E-state index is -0.478. The molecule has 6 nitrogen and oxygen atoms in total. The van der Waals surface area contributed by atoms with E-state index in [9.17, 15) is 4.79 Å². The molecule has 0 bridgehead atoms. The van der Waals surface area contributed by atoms with E-state index in [4.69, 9.17) is 0 Å². The number of benzene rings is 1. The first-order valence-corrected chi connectivity index (χ1v) is 11.8. The Hall–Kier alpha value is -3.09. The minimum Gasteiger partial charge on any atom is -0.308 e. The van der Waals surface area contributed by atoms with Gasteiger partial charge in [0.15, 0.2) is 0 Å². The lowest BCUT2D eigenvalue weighted by Gasteiger charge is -2.53. The zero-order chi connectivity index (χ0) is 22.7. The standard InChI is InChI=1S/C27H31N5O/c1-22-7-8-25(19-29-22)32-18-17-31(21-23-5-3-2-4-6-23)27(26(32)33)11-15-30(16-12-27)20-24-9-13-28-14-10-24/h2-10,13-14,19H,11-12,15-18,20-21H2,1H3. The number of piperazine rings is 1. The molecule has 0 unspecified atom stereocenters. The fraction of sp³-hybridized carbons (Fsp3) is 0.370. The molecule has 1 amide bonds. The summed E-state index contributed by atoms with van der Waals surface area (Å²) in [6.07, 6.45) is 7.20. The summed E-state index contributed by atoms with van der Waals surface area (Å²) in [6.45, 7) is 7.04. The molecule has 6 heteroatoms. The Bertz CT molecular complexity index is 1060. The Balaban J connectivity index is 1.39. The van der Waals surface area contributed by atoms with Crippen LogP contribution in [0.2, 0.25) is 0 Å². The highest BCUT2D eigenvalue weighted by Crippen LogP contribution is 2.37. The summed E-state index contributed by atoms with van der Waals surface area (Å²) >= 11 is 0. The fourth-order valence-electron chi connectivity index (χ4n) is 5.18. The van der Waals surface area contributed by atoms with E-state index in [1.807, 2.05) is 48.6 Å². The molecule has 1 aromatic carbocycles. The van der Waals surface area contributed by atoms with E-state index in [0.717, 1.165) is 56.9 Å². The summed E-state index contributed by atoms with van der Waals surface area (Å²) in [6, 6.07) is 18.7. The van der Waals surface area contributed by atoms with Gasteiger partial charge in [-0.2, -0.15) is 0 Å². The highest BCUT2D eigenvalue weighted by atomic mass is 16.2. The van der Waals surface area contributed by atoms with Crippen molar-refractivity contribution in [2.75, 3.05) is 31.1 Å². The van der Waals surface area contributed by atoms with Crippen LogP contribution in [0, 0.1) is 6.92 Å². The van der Waals surface area contributed by atoms with Gasteiger partial charge in [-0.3, -0.25) is 24.6 Å². The number of pyridine rings is 2. The smallest absolute Gasteiger partial charge is 0.247 e. The maximum Gasteiger partial charge on any atom is 0.247 e. The summed E-state index contributed by atoms with van der Waals surface area (Å²) < 4.78 is 0. The van der Waals surface area contributed by atoms with Crippen LogP contribution in [-0.2, 0) is 17.9 Å². The number of hydrogen-bond acceptors (Lipinski definition) is 5. The molecular formula is C27H31N5O. The number of aryl methyl sites for hydroxylation is 1. The van der Waals surface area contributed by atoms with Crippen LogP contribution in [0.25, 0.3) is 0 Å². The average molecular weight is 442 g/mol. The fourth-order valence-corrected chi connectivity index (χ4v) is 5.18. The summed E-state index contributed by atoms with van der Waals surface area (Å²) in [5.74, 6) is 0.221. The lowest BCUT2D eigenvalue weighted by molar-refractivity contribution is -0.138. The summed E-state index contributed by atoms with van der Waals surface area (Å²) in [7, 11) is 0. The maximum absolute atomic E-state index is 14.1. The number of amides is 1. The van der Waals surface area contributed by atoms with Gasteiger partial charge in [-0.25, -0.2) is 0 Å². The van der Waals surface area contributed by atoms with Gasteiger partial charge >= 0.3 is 0 Å². The van der Waals surface area contributed by atoms with Crippen molar-refractivity contribution in [3.8, 4) is 0 Å². The number of nitrogens with zero attached hydrogens (tertiary/aromatic N) is 5. The molecule has 33 heavy (non-hydrogen) atoms. The third kappa shape index (κ3) is 4.54. The van der Waals surface area contributed by atoms with Crippen molar-refractivity contribution in [1.82, 2.24) is 19.8 Å². The second-order valence-electron chi connectivity index (χ2n) is 9.18. The van der Waals surface area contributed by atoms with Crippen molar-refractivity contribution in [2.45, 2.75) is 38.4 Å². The van der Waals surface area contributed by atoms with Crippen LogP contribution < -0.4 is 4.90 Å². The van der Waals surface area contributed by atoms with Crippen molar-refractivity contribution < 1.29 is 4.79 Å². The first-order valence-electron chi connectivity index (χ1n) is 11.8. The van der Waals surface area contributed by atoms with Crippen molar-refractivity contribution in [3.63, 3.8) is 0 Å². The van der Waals surface area contributed by atoms with E-state index >= 15 is 0 Å².